The molecule has 1 aliphatic carbocycles. The molecule has 4 nitrogen and oxygen atoms in total. The van der Waals surface area contributed by atoms with Crippen LogP contribution in [0.4, 0.5) is 0 Å². The number of hydrogen-bond acceptors (Lipinski definition) is 4. The first-order valence-corrected chi connectivity index (χ1v) is 5.85. The Morgan fingerprint density at radius 1 is 1.31 bits per heavy atom. The van der Waals surface area contributed by atoms with E-state index in [9.17, 15) is 4.79 Å². The lowest BCUT2D eigenvalue weighted by Gasteiger charge is -2.15. The summed E-state index contributed by atoms with van der Waals surface area (Å²) in [5.74, 6) is 0.936. The van der Waals surface area contributed by atoms with E-state index in [0.717, 1.165) is 43.8 Å². The number of rotatable bonds is 1. The lowest BCUT2D eigenvalue weighted by atomic mass is 9.96. The quantitative estimate of drug-likeness (QED) is 0.721. The van der Waals surface area contributed by atoms with Gasteiger partial charge in [0.15, 0.2) is 11.6 Å². The molecule has 16 heavy (non-hydrogen) atoms. The molecule has 0 N–H and O–H groups in total. The summed E-state index contributed by atoms with van der Waals surface area (Å²) in [6.07, 6.45) is 6.23. The number of carbonyl (C=O) groups is 1. The van der Waals surface area contributed by atoms with Gasteiger partial charge in [-0.25, -0.2) is 9.97 Å². The maximum atomic E-state index is 11.6. The van der Waals surface area contributed by atoms with Crippen LogP contribution in [0.25, 0.3) is 0 Å². The van der Waals surface area contributed by atoms with Gasteiger partial charge in [-0.15, -0.1) is 0 Å². The molecule has 0 amide bonds. The lowest BCUT2D eigenvalue weighted by Crippen LogP contribution is -2.16. The number of Topliss-reactive ketones (excluding diaryl/α,β-unsaturated/α-hetero) is 1. The molecule has 0 bridgehead atoms. The standard InChI is InChI=1S/C12H14N2O2/c15-10-4-1-3-9-8(10)7-13-12(14-9)11-5-2-6-16-11/h7,11H,1-6H2. The van der Waals surface area contributed by atoms with Crippen LogP contribution < -0.4 is 0 Å². The van der Waals surface area contributed by atoms with Crippen molar-refractivity contribution in [1.29, 1.82) is 0 Å². The predicted molar refractivity (Wildman–Crippen MR) is 57.2 cm³/mol. The molecule has 1 atom stereocenters. The molecule has 0 saturated carbocycles. The monoisotopic (exact) mass is 218 g/mol. The van der Waals surface area contributed by atoms with E-state index in [0.29, 0.717) is 12.0 Å². The third-order valence-electron chi connectivity index (χ3n) is 3.22. The van der Waals surface area contributed by atoms with Crippen molar-refractivity contribution in [2.24, 2.45) is 0 Å². The average molecular weight is 218 g/mol. The molecule has 1 aliphatic heterocycles. The molecule has 3 rings (SSSR count). The molecule has 1 unspecified atom stereocenters. The number of fused-ring (bicyclic) bond motifs is 1. The zero-order valence-corrected chi connectivity index (χ0v) is 9.11. The maximum Gasteiger partial charge on any atom is 0.166 e. The van der Waals surface area contributed by atoms with Gasteiger partial charge in [-0.05, 0) is 25.7 Å². The predicted octanol–water partition coefficient (Wildman–Crippen LogP) is 1.85. The summed E-state index contributed by atoms with van der Waals surface area (Å²) in [6.45, 7) is 0.796. The Hall–Kier alpha value is -1.29. The number of ether oxygens (including phenoxy) is 1. The fourth-order valence-corrected chi connectivity index (χ4v) is 2.34. The zero-order chi connectivity index (χ0) is 11.0. The van der Waals surface area contributed by atoms with E-state index in [1.165, 1.54) is 0 Å². The van der Waals surface area contributed by atoms with E-state index >= 15 is 0 Å². The smallest absolute Gasteiger partial charge is 0.166 e. The summed E-state index contributed by atoms with van der Waals surface area (Å²) in [6, 6.07) is 0. The van der Waals surface area contributed by atoms with Gasteiger partial charge in [0, 0.05) is 19.2 Å². The van der Waals surface area contributed by atoms with Gasteiger partial charge in [-0.2, -0.15) is 0 Å². The van der Waals surface area contributed by atoms with E-state index in [-0.39, 0.29) is 11.9 Å². The Bertz CT molecular complexity index is 425. The Morgan fingerprint density at radius 2 is 2.25 bits per heavy atom. The number of aromatic nitrogens is 2. The second-order valence-corrected chi connectivity index (χ2v) is 4.37. The molecule has 4 heteroatoms. The van der Waals surface area contributed by atoms with E-state index in [1.807, 2.05) is 0 Å². The molecule has 1 aromatic rings. The van der Waals surface area contributed by atoms with Crippen LogP contribution in [0.3, 0.4) is 0 Å². The van der Waals surface area contributed by atoms with Crippen molar-refractivity contribution in [3.63, 3.8) is 0 Å². The normalized spacial score (nSPS) is 24.5. The first kappa shape index (κ1) is 9.90. The Kier molecular flexibility index (Phi) is 2.44. The molecule has 0 radical (unpaired) electrons. The van der Waals surface area contributed by atoms with Crippen LogP contribution >= 0.6 is 0 Å². The van der Waals surface area contributed by atoms with Crippen LogP contribution in [-0.2, 0) is 11.2 Å². The van der Waals surface area contributed by atoms with Crippen LogP contribution in [0.5, 0.6) is 0 Å². The minimum Gasteiger partial charge on any atom is -0.370 e. The van der Waals surface area contributed by atoms with Crippen molar-refractivity contribution >= 4 is 5.78 Å². The van der Waals surface area contributed by atoms with Gasteiger partial charge in [0.05, 0.1) is 11.3 Å². The maximum absolute atomic E-state index is 11.6. The number of nitrogens with zero attached hydrogens (tertiary/aromatic N) is 2. The molecule has 2 heterocycles. The highest BCUT2D eigenvalue weighted by molar-refractivity contribution is 5.97. The first-order chi connectivity index (χ1) is 7.84. The average Bonchev–Trinajstić information content (AvgIpc) is 2.82. The Morgan fingerprint density at radius 3 is 3.06 bits per heavy atom. The van der Waals surface area contributed by atoms with E-state index in [1.54, 1.807) is 6.20 Å². The lowest BCUT2D eigenvalue weighted by molar-refractivity contribution is 0.0963. The highest BCUT2D eigenvalue weighted by Crippen LogP contribution is 2.27. The molecular formula is C12H14N2O2. The number of carbonyl (C=O) groups excluding carboxylic acids is 1. The van der Waals surface area contributed by atoms with Crippen LogP contribution in [0, 0.1) is 0 Å². The number of ketones is 1. The van der Waals surface area contributed by atoms with Crippen LogP contribution in [0.1, 0.15) is 53.7 Å². The fraction of sp³-hybridized carbons (Fsp3) is 0.583. The largest absolute Gasteiger partial charge is 0.370 e. The van der Waals surface area contributed by atoms with Crippen molar-refractivity contribution in [1.82, 2.24) is 9.97 Å². The minimum atomic E-state index is 0.0438. The Balaban J connectivity index is 1.94. The van der Waals surface area contributed by atoms with Crippen molar-refractivity contribution in [2.45, 2.75) is 38.2 Å². The minimum absolute atomic E-state index is 0.0438. The van der Waals surface area contributed by atoms with Crippen LogP contribution in [0.2, 0.25) is 0 Å². The van der Waals surface area contributed by atoms with E-state index in [4.69, 9.17) is 4.74 Å². The zero-order valence-electron chi connectivity index (χ0n) is 9.11. The van der Waals surface area contributed by atoms with Crippen molar-refractivity contribution in [2.75, 3.05) is 6.61 Å². The molecule has 1 saturated heterocycles. The highest BCUT2D eigenvalue weighted by Gasteiger charge is 2.24. The third-order valence-corrected chi connectivity index (χ3v) is 3.22. The van der Waals surface area contributed by atoms with Crippen molar-refractivity contribution in [3.05, 3.63) is 23.3 Å². The van der Waals surface area contributed by atoms with Crippen LogP contribution in [0.15, 0.2) is 6.20 Å². The van der Waals surface area contributed by atoms with E-state index in [2.05, 4.69) is 9.97 Å². The second kappa shape index (κ2) is 3.94. The molecule has 1 fully saturated rings. The van der Waals surface area contributed by atoms with Gasteiger partial charge < -0.3 is 4.74 Å². The number of hydrogen-bond donors (Lipinski definition) is 0. The van der Waals surface area contributed by atoms with Gasteiger partial charge in [0.2, 0.25) is 0 Å². The Labute approximate surface area is 94.1 Å². The van der Waals surface area contributed by atoms with Gasteiger partial charge in [-0.1, -0.05) is 0 Å². The van der Waals surface area contributed by atoms with Crippen molar-refractivity contribution in [3.8, 4) is 0 Å². The molecule has 1 aromatic heterocycles. The van der Waals surface area contributed by atoms with Gasteiger partial charge in [-0.3, -0.25) is 4.79 Å². The molecule has 84 valence electrons. The summed E-state index contributed by atoms with van der Waals surface area (Å²) in [5.41, 5.74) is 1.63. The van der Waals surface area contributed by atoms with Crippen molar-refractivity contribution < 1.29 is 9.53 Å². The summed E-state index contributed by atoms with van der Waals surface area (Å²) in [7, 11) is 0. The highest BCUT2D eigenvalue weighted by atomic mass is 16.5. The number of aryl methyl sites for hydroxylation is 1. The second-order valence-electron chi connectivity index (χ2n) is 4.37. The topological polar surface area (TPSA) is 52.1 Å². The first-order valence-electron chi connectivity index (χ1n) is 5.85. The molecule has 2 aliphatic rings. The fourth-order valence-electron chi connectivity index (χ4n) is 2.34. The SMILES string of the molecule is O=C1CCCc2nc(C3CCCO3)ncc21. The van der Waals surface area contributed by atoms with Gasteiger partial charge in [0.1, 0.15) is 6.10 Å². The summed E-state index contributed by atoms with van der Waals surface area (Å²) >= 11 is 0. The van der Waals surface area contributed by atoms with Crippen LogP contribution in [-0.4, -0.2) is 22.4 Å². The third kappa shape index (κ3) is 1.63. The summed E-state index contributed by atoms with van der Waals surface area (Å²) in [4.78, 5) is 20.4. The summed E-state index contributed by atoms with van der Waals surface area (Å²) in [5, 5.41) is 0. The van der Waals surface area contributed by atoms with Gasteiger partial charge in [0.25, 0.3) is 0 Å². The molecular weight excluding hydrogens is 204 g/mol. The molecule has 0 aromatic carbocycles. The van der Waals surface area contributed by atoms with E-state index < -0.39 is 0 Å². The van der Waals surface area contributed by atoms with Gasteiger partial charge >= 0.3 is 0 Å². The summed E-state index contributed by atoms with van der Waals surface area (Å²) < 4.78 is 5.55. The molecule has 0 spiro atoms.